The van der Waals surface area contributed by atoms with Gasteiger partial charge in [-0.1, -0.05) is 13.3 Å². The molecule has 0 saturated heterocycles. The van der Waals surface area contributed by atoms with E-state index in [4.69, 9.17) is 4.74 Å². The average molecular weight is 264 g/mol. The second kappa shape index (κ2) is 7.67. The zero-order valence-electron chi connectivity index (χ0n) is 12.2. The SMILES string of the molecule is CCCC(C)NC(=O)C(C)Oc1ccc(NC)cc1. The van der Waals surface area contributed by atoms with Crippen LogP contribution in [-0.2, 0) is 4.79 Å². The summed E-state index contributed by atoms with van der Waals surface area (Å²) in [5.41, 5.74) is 1.01. The Morgan fingerprint density at radius 3 is 2.42 bits per heavy atom. The van der Waals surface area contributed by atoms with Gasteiger partial charge in [0.15, 0.2) is 6.10 Å². The van der Waals surface area contributed by atoms with E-state index in [1.54, 1.807) is 6.92 Å². The maximum Gasteiger partial charge on any atom is 0.260 e. The molecule has 0 aliphatic carbocycles. The molecule has 1 amide bonds. The van der Waals surface area contributed by atoms with Crippen LogP contribution in [-0.4, -0.2) is 25.1 Å². The first kappa shape index (κ1) is 15.3. The smallest absolute Gasteiger partial charge is 0.260 e. The van der Waals surface area contributed by atoms with Gasteiger partial charge < -0.3 is 15.4 Å². The maximum absolute atomic E-state index is 11.9. The third kappa shape index (κ3) is 5.20. The van der Waals surface area contributed by atoms with E-state index >= 15 is 0 Å². The predicted octanol–water partition coefficient (Wildman–Crippen LogP) is 2.80. The third-order valence-corrected chi connectivity index (χ3v) is 2.94. The van der Waals surface area contributed by atoms with Crippen molar-refractivity contribution in [2.45, 2.75) is 45.8 Å². The van der Waals surface area contributed by atoms with Gasteiger partial charge in [0.2, 0.25) is 0 Å². The quantitative estimate of drug-likeness (QED) is 0.796. The van der Waals surface area contributed by atoms with Crippen molar-refractivity contribution in [3.63, 3.8) is 0 Å². The highest BCUT2D eigenvalue weighted by Crippen LogP contribution is 2.16. The molecule has 1 rings (SSSR count). The second-order valence-corrected chi connectivity index (χ2v) is 4.73. The lowest BCUT2D eigenvalue weighted by Gasteiger charge is -2.18. The molecule has 1 aromatic rings. The van der Waals surface area contributed by atoms with Crippen LogP contribution in [0, 0.1) is 0 Å². The van der Waals surface area contributed by atoms with Crippen LogP contribution in [0.15, 0.2) is 24.3 Å². The van der Waals surface area contributed by atoms with Crippen molar-refractivity contribution in [1.82, 2.24) is 5.32 Å². The number of benzene rings is 1. The zero-order chi connectivity index (χ0) is 14.3. The van der Waals surface area contributed by atoms with E-state index in [1.165, 1.54) is 0 Å². The molecule has 0 bridgehead atoms. The molecule has 0 aromatic heterocycles. The van der Waals surface area contributed by atoms with Crippen molar-refractivity contribution in [1.29, 1.82) is 0 Å². The summed E-state index contributed by atoms with van der Waals surface area (Å²) in [6, 6.07) is 7.73. The molecule has 0 spiro atoms. The molecule has 0 aliphatic heterocycles. The Labute approximate surface area is 115 Å². The molecular weight excluding hydrogens is 240 g/mol. The Morgan fingerprint density at radius 1 is 1.26 bits per heavy atom. The summed E-state index contributed by atoms with van der Waals surface area (Å²) in [6.07, 6.45) is 1.55. The zero-order valence-corrected chi connectivity index (χ0v) is 12.2. The van der Waals surface area contributed by atoms with Crippen LogP contribution in [0.25, 0.3) is 0 Å². The van der Waals surface area contributed by atoms with Crippen molar-refractivity contribution in [3.8, 4) is 5.75 Å². The molecule has 0 fully saturated rings. The largest absolute Gasteiger partial charge is 0.481 e. The van der Waals surface area contributed by atoms with Gasteiger partial charge in [0, 0.05) is 18.8 Å². The topological polar surface area (TPSA) is 50.4 Å². The second-order valence-electron chi connectivity index (χ2n) is 4.73. The lowest BCUT2D eigenvalue weighted by molar-refractivity contribution is -0.127. The van der Waals surface area contributed by atoms with Crippen LogP contribution in [0.3, 0.4) is 0 Å². The monoisotopic (exact) mass is 264 g/mol. The lowest BCUT2D eigenvalue weighted by atomic mass is 10.2. The van der Waals surface area contributed by atoms with E-state index in [0.717, 1.165) is 18.5 Å². The summed E-state index contributed by atoms with van der Waals surface area (Å²) in [7, 11) is 1.86. The van der Waals surface area contributed by atoms with E-state index in [9.17, 15) is 4.79 Å². The summed E-state index contributed by atoms with van der Waals surface area (Å²) >= 11 is 0. The molecule has 4 heteroatoms. The number of hydrogen-bond donors (Lipinski definition) is 2. The van der Waals surface area contributed by atoms with Gasteiger partial charge in [0.25, 0.3) is 5.91 Å². The number of anilines is 1. The summed E-state index contributed by atoms with van der Waals surface area (Å²) in [5, 5.41) is 5.98. The molecule has 2 N–H and O–H groups in total. The summed E-state index contributed by atoms with van der Waals surface area (Å²) < 4.78 is 5.61. The Balaban J connectivity index is 2.48. The van der Waals surface area contributed by atoms with Gasteiger partial charge in [-0.15, -0.1) is 0 Å². The fourth-order valence-corrected chi connectivity index (χ4v) is 1.82. The standard InChI is InChI=1S/C15H24N2O2/c1-5-6-11(2)17-15(18)12(3)19-14-9-7-13(16-4)8-10-14/h7-12,16H,5-6H2,1-4H3,(H,17,18). The lowest BCUT2D eigenvalue weighted by Crippen LogP contribution is -2.41. The normalized spacial score (nSPS) is 13.5. The van der Waals surface area contributed by atoms with Crippen LogP contribution in [0.5, 0.6) is 5.75 Å². The molecule has 106 valence electrons. The van der Waals surface area contributed by atoms with Gasteiger partial charge in [-0.05, 0) is 44.5 Å². The first-order valence-corrected chi connectivity index (χ1v) is 6.81. The number of nitrogens with one attached hydrogen (secondary N) is 2. The van der Waals surface area contributed by atoms with E-state index in [0.29, 0.717) is 5.75 Å². The van der Waals surface area contributed by atoms with Crippen molar-refractivity contribution in [3.05, 3.63) is 24.3 Å². The van der Waals surface area contributed by atoms with E-state index < -0.39 is 6.10 Å². The average Bonchev–Trinajstić information content (AvgIpc) is 2.39. The molecular formula is C15H24N2O2. The minimum atomic E-state index is -0.486. The molecule has 19 heavy (non-hydrogen) atoms. The van der Waals surface area contributed by atoms with Crippen LogP contribution in [0.2, 0.25) is 0 Å². The number of rotatable bonds is 7. The number of amides is 1. The molecule has 2 atom stereocenters. The highest BCUT2D eigenvalue weighted by Gasteiger charge is 2.16. The molecule has 0 heterocycles. The van der Waals surface area contributed by atoms with Crippen LogP contribution in [0.1, 0.15) is 33.6 Å². The van der Waals surface area contributed by atoms with E-state index in [1.807, 2.05) is 38.2 Å². The molecule has 0 radical (unpaired) electrons. The summed E-state index contributed by atoms with van der Waals surface area (Å²) in [4.78, 5) is 11.9. The van der Waals surface area contributed by atoms with Crippen LogP contribution in [0.4, 0.5) is 5.69 Å². The Kier molecular flexibility index (Phi) is 6.19. The van der Waals surface area contributed by atoms with Gasteiger partial charge in [-0.2, -0.15) is 0 Å². The first-order valence-electron chi connectivity index (χ1n) is 6.81. The van der Waals surface area contributed by atoms with Crippen LogP contribution >= 0.6 is 0 Å². The van der Waals surface area contributed by atoms with Crippen molar-refractivity contribution in [2.75, 3.05) is 12.4 Å². The molecule has 1 aromatic carbocycles. The van der Waals surface area contributed by atoms with Crippen molar-refractivity contribution >= 4 is 11.6 Å². The van der Waals surface area contributed by atoms with Gasteiger partial charge >= 0.3 is 0 Å². The summed E-state index contributed by atoms with van der Waals surface area (Å²) in [5.74, 6) is 0.628. The Hall–Kier alpha value is -1.71. The number of hydrogen-bond acceptors (Lipinski definition) is 3. The minimum Gasteiger partial charge on any atom is -0.481 e. The number of carbonyl (C=O) groups excluding carboxylic acids is 1. The Morgan fingerprint density at radius 2 is 1.89 bits per heavy atom. The van der Waals surface area contributed by atoms with Crippen molar-refractivity contribution < 1.29 is 9.53 Å². The fraction of sp³-hybridized carbons (Fsp3) is 0.533. The molecule has 0 saturated carbocycles. The fourth-order valence-electron chi connectivity index (χ4n) is 1.82. The number of ether oxygens (including phenoxy) is 1. The molecule has 2 unspecified atom stereocenters. The van der Waals surface area contributed by atoms with Crippen molar-refractivity contribution in [2.24, 2.45) is 0 Å². The highest BCUT2D eigenvalue weighted by molar-refractivity contribution is 5.80. The van der Waals surface area contributed by atoms with Gasteiger partial charge in [-0.3, -0.25) is 4.79 Å². The third-order valence-electron chi connectivity index (χ3n) is 2.94. The van der Waals surface area contributed by atoms with Crippen LogP contribution < -0.4 is 15.4 Å². The summed E-state index contributed by atoms with van der Waals surface area (Å²) in [6.45, 7) is 5.88. The molecule has 4 nitrogen and oxygen atoms in total. The number of carbonyl (C=O) groups is 1. The van der Waals surface area contributed by atoms with E-state index in [2.05, 4.69) is 17.6 Å². The van der Waals surface area contributed by atoms with Gasteiger partial charge in [0.05, 0.1) is 0 Å². The van der Waals surface area contributed by atoms with Gasteiger partial charge in [-0.25, -0.2) is 0 Å². The predicted molar refractivity (Wildman–Crippen MR) is 78.6 cm³/mol. The first-order chi connectivity index (χ1) is 9.06. The maximum atomic E-state index is 11.9. The van der Waals surface area contributed by atoms with E-state index in [-0.39, 0.29) is 11.9 Å². The minimum absolute atomic E-state index is 0.0707. The molecule has 0 aliphatic rings. The highest BCUT2D eigenvalue weighted by atomic mass is 16.5. The van der Waals surface area contributed by atoms with Gasteiger partial charge in [0.1, 0.15) is 5.75 Å². The Bertz CT molecular complexity index is 390.